The molecule has 1 N–H and O–H groups in total. The van der Waals surface area contributed by atoms with Crippen LogP contribution in [0.4, 0.5) is 5.69 Å². The summed E-state index contributed by atoms with van der Waals surface area (Å²) in [7, 11) is -4.34. The van der Waals surface area contributed by atoms with Crippen LogP contribution < -0.4 is 9.50 Å². The number of hydrogen-bond acceptors (Lipinski definition) is 8. The molecule has 1 amide bonds. The number of hydrogen-bond donors (Lipinski definition) is 1. The molecule has 1 fully saturated rings. The number of carbonyl (C=O) groups is 2. The van der Waals surface area contributed by atoms with Crippen molar-refractivity contribution in [2.75, 3.05) is 6.61 Å². The third-order valence-corrected chi connectivity index (χ3v) is 6.39. The maximum atomic E-state index is 12.6. The predicted octanol–water partition coefficient (Wildman–Crippen LogP) is 2.74. The lowest BCUT2D eigenvalue weighted by atomic mass is 10.2. The Morgan fingerprint density at radius 1 is 1.19 bits per heavy atom. The summed E-state index contributed by atoms with van der Waals surface area (Å²) in [6.45, 7) is 2.97. The fourth-order valence-corrected chi connectivity index (χ4v) is 4.20. The maximum absolute atomic E-state index is 12.6. The second-order valence-electron chi connectivity index (χ2n) is 7.54. The SMILES string of the molecule is Cc1ccc([N+](=O)[O-])cc1S(=O)(=O)Oc1ccc(C(=O)OCC(=O)N[C@H](C)C2CC2)cc1. The monoisotopic (exact) mass is 462 g/mol. The Morgan fingerprint density at radius 3 is 2.44 bits per heavy atom. The quantitative estimate of drug-likeness (QED) is 0.259. The van der Waals surface area contributed by atoms with Crippen LogP contribution in [0.2, 0.25) is 0 Å². The van der Waals surface area contributed by atoms with Gasteiger partial charge in [0.2, 0.25) is 0 Å². The number of non-ortho nitro benzene ring substituents is 1. The lowest BCUT2D eigenvalue weighted by Gasteiger charge is -2.13. The van der Waals surface area contributed by atoms with Crippen molar-refractivity contribution >= 4 is 27.7 Å². The summed E-state index contributed by atoms with van der Waals surface area (Å²) in [6, 6.07) is 8.54. The van der Waals surface area contributed by atoms with Crippen LogP contribution >= 0.6 is 0 Å². The van der Waals surface area contributed by atoms with Gasteiger partial charge in [0.15, 0.2) is 6.61 Å². The smallest absolute Gasteiger partial charge is 0.339 e. The van der Waals surface area contributed by atoms with Crippen molar-refractivity contribution in [3.05, 3.63) is 63.7 Å². The second kappa shape index (κ2) is 9.35. The third-order valence-electron chi connectivity index (χ3n) is 5.00. The van der Waals surface area contributed by atoms with Crippen LogP contribution in [0.15, 0.2) is 47.4 Å². The predicted molar refractivity (Wildman–Crippen MR) is 113 cm³/mol. The van der Waals surface area contributed by atoms with Crippen LogP contribution in [-0.4, -0.2) is 37.9 Å². The van der Waals surface area contributed by atoms with Gasteiger partial charge in [-0.05, 0) is 62.4 Å². The molecule has 3 rings (SSSR count). The number of benzene rings is 2. The Bertz CT molecular complexity index is 1140. The van der Waals surface area contributed by atoms with Gasteiger partial charge < -0.3 is 14.2 Å². The normalized spacial score (nSPS) is 14.3. The van der Waals surface area contributed by atoms with Crippen molar-refractivity contribution < 1.29 is 31.9 Å². The summed E-state index contributed by atoms with van der Waals surface area (Å²) >= 11 is 0. The van der Waals surface area contributed by atoms with E-state index in [4.69, 9.17) is 8.92 Å². The van der Waals surface area contributed by atoms with Gasteiger partial charge in [0, 0.05) is 18.2 Å². The van der Waals surface area contributed by atoms with E-state index in [-0.39, 0.29) is 33.5 Å². The molecule has 0 aromatic heterocycles. The van der Waals surface area contributed by atoms with Crippen molar-refractivity contribution in [3.63, 3.8) is 0 Å². The number of nitrogens with one attached hydrogen (secondary N) is 1. The van der Waals surface area contributed by atoms with Gasteiger partial charge >= 0.3 is 16.1 Å². The van der Waals surface area contributed by atoms with Gasteiger partial charge in [0.1, 0.15) is 10.6 Å². The average Bonchev–Trinajstić information content (AvgIpc) is 3.58. The first-order chi connectivity index (χ1) is 15.1. The number of aryl methyl sites for hydroxylation is 1. The van der Waals surface area contributed by atoms with E-state index >= 15 is 0 Å². The molecule has 1 aliphatic rings. The van der Waals surface area contributed by atoms with Gasteiger partial charge in [0.05, 0.1) is 10.5 Å². The zero-order valence-electron chi connectivity index (χ0n) is 17.4. The van der Waals surface area contributed by atoms with Gasteiger partial charge in [-0.25, -0.2) is 4.79 Å². The Labute approximate surface area is 184 Å². The molecule has 0 radical (unpaired) electrons. The van der Waals surface area contributed by atoms with Crippen LogP contribution in [0.5, 0.6) is 5.75 Å². The highest BCUT2D eigenvalue weighted by molar-refractivity contribution is 7.87. The van der Waals surface area contributed by atoms with Crippen molar-refractivity contribution in [1.29, 1.82) is 0 Å². The highest BCUT2D eigenvalue weighted by Gasteiger charge is 2.29. The highest BCUT2D eigenvalue weighted by atomic mass is 32.2. The van der Waals surface area contributed by atoms with E-state index in [0.717, 1.165) is 18.9 Å². The molecule has 0 unspecified atom stereocenters. The Balaban J connectivity index is 1.61. The molecular formula is C21H22N2O8S. The number of amides is 1. The molecule has 1 saturated carbocycles. The maximum Gasteiger partial charge on any atom is 0.339 e. The van der Waals surface area contributed by atoms with E-state index in [1.165, 1.54) is 43.3 Å². The molecule has 2 aromatic carbocycles. The zero-order chi connectivity index (χ0) is 23.5. The van der Waals surface area contributed by atoms with Gasteiger partial charge in [-0.3, -0.25) is 14.9 Å². The van der Waals surface area contributed by atoms with Crippen molar-refractivity contribution in [3.8, 4) is 5.75 Å². The number of carbonyl (C=O) groups excluding carboxylic acids is 2. The topological polar surface area (TPSA) is 142 Å². The lowest BCUT2D eigenvalue weighted by Crippen LogP contribution is -2.37. The van der Waals surface area contributed by atoms with E-state index in [0.29, 0.717) is 5.92 Å². The summed E-state index contributed by atoms with van der Waals surface area (Å²) in [5.41, 5.74) is 0.000766. The fraction of sp³-hybridized carbons (Fsp3) is 0.333. The molecule has 1 aliphatic carbocycles. The molecule has 0 spiro atoms. The van der Waals surface area contributed by atoms with E-state index in [1.54, 1.807) is 0 Å². The summed E-state index contributed by atoms with van der Waals surface area (Å²) in [6.07, 6.45) is 2.15. The molecule has 1 atom stereocenters. The largest absolute Gasteiger partial charge is 0.452 e. The number of nitro groups is 1. The van der Waals surface area contributed by atoms with Gasteiger partial charge in [-0.15, -0.1) is 0 Å². The first-order valence-corrected chi connectivity index (χ1v) is 11.2. The molecule has 0 heterocycles. The number of esters is 1. The molecule has 32 heavy (non-hydrogen) atoms. The Morgan fingerprint density at radius 2 is 1.84 bits per heavy atom. The molecule has 2 aromatic rings. The van der Waals surface area contributed by atoms with Crippen molar-refractivity contribution in [1.82, 2.24) is 5.32 Å². The van der Waals surface area contributed by atoms with E-state index in [9.17, 15) is 28.1 Å². The van der Waals surface area contributed by atoms with Gasteiger partial charge in [-0.1, -0.05) is 6.07 Å². The van der Waals surface area contributed by atoms with Crippen LogP contribution in [-0.2, 0) is 19.6 Å². The summed E-state index contributed by atoms with van der Waals surface area (Å²) in [5, 5.41) is 13.7. The van der Waals surface area contributed by atoms with E-state index < -0.39 is 33.5 Å². The van der Waals surface area contributed by atoms with E-state index in [1.807, 2.05) is 6.92 Å². The minimum absolute atomic E-state index is 0.0364. The standard InChI is InChI=1S/C21H22N2O8S/c1-13-3-8-17(23(26)27)11-19(13)32(28,29)31-18-9-6-16(7-10-18)21(25)30-12-20(24)22-14(2)15-4-5-15/h3,6-11,14-15H,4-5,12H2,1-2H3,(H,22,24)/t14-/m1/s1. The highest BCUT2D eigenvalue weighted by Crippen LogP contribution is 2.32. The summed E-state index contributed by atoms with van der Waals surface area (Å²) in [4.78, 5) is 33.9. The number of ether oxygens (including phenoxy) is 1. The van der Waals surface area contributed by atoms with Gasteiger partial charge in [0.25, 0.3) is 11.6 Å². The molecule has 10 nitrogen and oxygen atoms in total. The molecule has 0 bridgehead atoms. The van der Waals surface area contributed by atoms with E-state index in [2.05, 4.69) is 5.32 Å². The average molecular weight is 462 g/mol. The van der Waals surface area contributed by atoms with Crippen LogP contribution in [0, 0.1) is 23.0 Å². The first kappa shape index (κ1) is 23.2. The zero-order valence-corrected chi connectivity index (χ0v) is 18.3. The molecule has 11 heteroatoms. The molecule has 0 saturated heterocycles. The lowest BCUT2D eigenvalue weighted by molar-refractivity contribution is -0.385. The molecule has 170 valence electrons. The molecular weight excluding hydrogens is 440 g/mol. The number of nitro benzene ring substituents is 1. The minimum atomic E-state index is -4.34. The fourth-order valence-electron chi connectivity index (χ4n) is 3.01. The summed E-state index contributed by atoms with van der Waals surface area (Å²) in [5.74, 6) is -0.757. The molecule has 0 aliphatic heterocycles. The second-order valence-corrected chi connectivity index (χ2v) is 9.05. The first-order valence-electron chi connectivity index (χ1n) is 9.83. The van der Waals surface area contributed by atoms with Crippen molar-refractivity contribution in [2.24, 2.45) is 5.92 Å². The Hall–Kier alpha value is -3.47. The van der Waals surface area contributed by atoms with Gasteiger partial charge in [-0.2, -0.15) is 8.42 Å². The third kappa shape index (κ3) is 5.82. The van der Waals surface area contributed by atoms with Crippen LogP contribution in [0.25, 0.3) is 0 Å². The Kier molecular flexibility index (Phi) is 6.78. The van der Waals surface area contributed by atoms with Crippen LogP contribution in [0.3, 0.4) is 0 Å². The minimum Gasteiger partial charge on any atom is -0.452 e. The number of rotatable bonds is 9. The van der Waals surface area contributed by atoms with Crippen LogP contribution in [0.1, 0.15) is 35.7 Å². The number of nitrogens with zero attached hydrogens (tertiary/aromatic N) is 1. The summed E-state index contributed by atoms with van der Waals surface area (Å²) < 4.78 is 35.1. The van der Waals surface area contributed by atoms with Crippen molar-refractivity contribution in [2.45, 2.75) is 37.6 Å².